The summed E-state index contributed by atoms with van der Waals surface area (Å²) in [5, 5.41) is 6.84. The second-order valence-electron chi connectivity index (χ2n) is 5.20. The topological polar surface area (TPSA) is 49.4 Å². The SMILES string of the molecule is CN(C)C(CNC(=O)CCC(=O)c1cccs1)c1cccs1. The molecule has 0 spiro atoms. The number of carbonyl (C=O) groups excluding carboxylic acids is 2. The Balaban J connectivity index is 1.78. The van der Waals surface area contributed by atoms with Gasteiger partial charge in [0.05, 0.1) is 10.9 Å². The van der Waals surface area contributed by atoms with E-state index < -0.39 is 0 Å². The van der Waals surface area contributed by atoms with Crippen molar-refractivity contribution in [3.05, 3.63) is 44.8 Å². The standard InChI is InChI=1S/C16H20N2O2S2/c1-18(2)12(14-5-3-9-21-14)11-17-16(20)8-7-13(19)15-6-4-10-22-15/h3-6,9-10,12H,7-8,11H2,1-2H3,(H,17,20). The molecule has 1 atom stereocenters. The van der Waals surface area contributed by atoms with Crippen molar-refractivity contribution in [1.82, 2.24) is 10.2 Å². The average molecular weight is 336 g/mol. The average Bonchev–Trinajstić information content (AvgIpc) is 3.17. The van der Waals surface area contributed by atoms with Gasteiger partial charge < -0.3 is 10.2 Å². The number of hydrogen-bond acceptors (Lipinski definition) is 5. The van der Waals surface area contributed by atoms with Gasteiger partial charge in [0.2, 0.25) is 5.91 Å². The van der Waals surface area contributed by atoms with Gasteiger partial charge in [0.25, 0.3) is 0 Å². The molecular formula is C16H20N2O2S2. The van der Waals surface area contributed by atoms with Crippen LogP contribution in [0.2, 0.25) is 0 Å². The number of thiophene rings is 2. The molecule has 0 saturated heterocycles. The van der Waals surface area contributed by atoms with Crippen LogP contribution in [0.1, 0.15) is 33.4 Å². The van der Waals surface area contributed by atoms with Crippen LogP contribution in [0.15, 0.2) is 35.0 Å². The Labute approximate surface area is 138 Å². The molecule has 0 aliphatic heterocycles. The van der Waals surface area contributed by atoms with Gasteiger partial charge in [-0.25, -0.2) is 0 Å². The molecule has 2 rings (SSSR count). The lowest BCUT2D eigenvalue weighted by atomic mass is 10.1. The summed E-state index contributed by atoms with van der Waals surface area (Å²) in [6, 6.07) is 7.89. The summed E-state index contributed by atoms with van der Waals surface area (Å²) in [5.41, 5.74) is 0. The van der Waals surface area contributed by atoms with Gasteiger partial charge in [0.1, 0.15) is 0 Å². The molecule has 0 fully saturated rings. The van der Waals surface area contributed by atoms with E-state index in [-0.39, 0.29) is 30.6 Å². The van der Waals surface area contributed by atoms with Crippen LogP contribution in [0.4, 0.5) is 0 Å². The molecular weight excluding hydrogens is 316 g/mol. The van der Waals surface area contributed by atoms with Gasteiger partial charge in [-0.1, -0.05) is 12.1 Å². The second kappa shape index (κ2) is 8.22. The predicted octanol–water partition coefficient (Wildman–Crippen LogP) is 3.19. The Kier molecular flexibility index (Phi) is 6.30. The predicted molar refractivity (Wildman–Crippen MR) is 91.6 cm³/mol. The van der Waals surface area contributed by atoms with Crippen molar-refractivity contribution < 1.29 is 9.59 Å². The third-order valence-electron chi connectivity index (χ3n) is 3.36. The summed E-state index contributed by atoms with van der Waals surface area (Å²) in [6.45, 7) is 0.555. The number of nitrogens with one attached hydrogen (secondary N) is 1. The van der Waals surface area contributed by atoms with Crippen LogP contribution in [0.5, 0.6) is 0 Å². The maximum Gasteiger partial charge on any atom is 0.220 e. The zero-order chi connectivity index (χ0) is 15.9. The molecule has 6 heteroatoms. The molecule has 0 aromatic carbocycles. The highest BCUT2D eigenvalue weighted by Gasteiger charge is 2.16. The van der Waals surface area contributed by atoms with E-state index >= 15 is 0 Å². The first-order chi connectivity index (χ1) is 10.6. The lowest BCUT2D eigenvalue weighted by Gasteiger charge is -2.23. The molecule has 1 unspecified atom stereocenters. The van der Waals surface area contributed by atoms with Gasteiger partial charge in [-0.3, -0.25) is 9.59 Å². The maximum atomic E-state index is 11.9. The van der Waals surface area contributed by atoms with E-state index in [0.717, 1.165) is 4.88 Å². The first-order valence-corrected chi connectivity index (χ1v) is 8.87. The van der Waals surface area contributed by atoms with Crippen molar-refractivity contribution in [2.24, 2.45) is 0 Å². The van der Waals surface area contributed by atoms with Crippen molar-refractivity contribution in [3.63, 3.8) is 0 Å². The summed E-state index contributed by atoms with van der Waals surface area (Å²) in [5.74, 6) is -0.0409. The number of Topliss-reactive ketones (excluding diaryl/α,β-unsaturated/α-hetero) is 1. The third kappa shape index (κ3) is 4.76. The van der Waals surface area contributed by atoms with E-state index in [0.29, 0.717) is 6.54 Å². The number of likely N-dealkylation sites (N-methyl/N-ethyl adjacent to an activating group) is 1. The highest BCUT2D eigenvalue weighted by Crippen LogP contribution is 2.22. The highest BCUT2D eigenvalue weighted by molar-refractivity contribution is 7.12. The first kappa shape index (κ1) is 16.9. The van der Waals surface area contributed by atoms with E-state index in [1.807, 2.05) is 37.0 Å². The number of ketones is 1. The van der Waals surface area contributed by atoms with Gasteiger partial charge in [-0.2, -0.15) is 0 Å². The quantitative estimate of drug-likeness (QED) is 0.753. The molecule has 0 radical (unpaired) electrons. The van der Waals surface area contributed by atoms with Crippen molar-refractivity contribution in [2.45, 2.75) is 18.9 Å². The fourth-order valence-electron chi connectivity index (χ4n) is 2.10. The van der Waals surface area contributed by atoms with Gasteiger partial charge in [-0.05, 0) is 37.0 Å². The van der Waals surface area contributed by atoms with Crippen LogP contribution in [0.25, 0.3) is 0 Å². The van der Waals surface area contributed by atoms with E-state index in [2.05, 4.69) is 16.3 Å². The minimum absolute atomic E-state index is 0.0348. The molecule has 4 nitrogen and oxygen atoms in total. The molecule has 1 N–H and O–H groups in total. The molecule has 2 aromatic rings. The Morgan fingerprint density at radius 3 is 2.45 bits per heavy atom. The van der Waals surface area contributed by atoms with Crippen LogP contribution in [-0.2, 0) is 4.79 Å². The second-order valence-corrected chi connectivity index (χ2v) is 7.13. The number of amides is 1. The monoisotopic (exact) mass is 336 g/mol. The molecule has 0 bridgehead atoms. The van der Waals surface area contributed by atoms with Crippen molar-refractivity contribution in [3.8, 4) is 0 Å². The fraction of sp³-hybridized carbons (Fsp3) is 0.375. The normalized spacial score (nSPS) is 12.3. The van der Waals surface area contributed by atoms with Gasteiger partial charge in [-0.15, -0.1) is 22.7 Å². The number of carbonyl (C=O) groups is 2. The minimum atomic E-state index is -0.0756. The van der Waals surface area contributed by atoms with Crippen LogP contribution < -0.4 is 5.32 Å². The zero-order valence-electron chi connectivity index (χ0n) is 12.7. The molecule has 22 heavy (non-hydrogen) atoms. The number of hydrogen-bond donors (Lipinski definition) is 1. The first-order valence-electron chi connectivity index (χ1n) is 7.11. The Morgan fingerprint density at radius 1 is 1.14 bits per heavy atom. The fourth-order valence-corrected chi connectivity index (χ4v) is 3.72. The molecule has 1 amide bonds. The largest absolute Gasteiger partial charge is 0.354 e. The van der Waals surface area contributed by atoms with E-state index in [9.17, 15) is 9.59 Å². The molecule has 118 valence electrons. The smallest absolute Gasteiger partial charge is 0.220 e. The molecule has 0 aliphatic rings. The van der Waals surface area contributed by atoms with Gasteiger partial charge in [0, 0.05) is 24.3 Å². The summed E-state index contributed by atoms with van der Waals surface area (Å²) < 4.78 is 0. The molecule has 2 heterocycles. The van der Waals surface area contributed by atoms with Crippen molar-refractivity contribution in [2.75, 3.05) is 20.6 Å². The lowest BCUT2D eigenvalue weighted by molar-refractivity contribution is -0.121. The van der Waals surface area contributed by atoms with Crippen LogP contribution in [-0.4, -0.2) is 37.2 Å². The molecule has 2 aromatic heterocycles. The number of nitrogens with zero attached hydrogens (tertiary/aromatic N) is 1. The van der Waals surface area contributed by atoms with E-state index in [4.69, 9.17) is 0 Å². The summed E-state index contributed by atoms with van der Waals surface area (Å²) in [4.78, 5) is 27.8. The Morgan fingerprint density at radius 2 is 1.86 bits per heavy atom. The summed E-state index contributed by atoms with van der Waals surface area (Å²) in [7, 11) is 3.99. The molecule has 0 aliphatic carbocycles. The summed E-state index contributed by atoms with van der Waals surface area (Å²) >= 11 is 3.10. The van der Waals surface area contributed by atoms with Crippen molar-refractivity contribution in [1.29, 1.82) is 0 Å². The van der Waals surface area contributed by atoms with E-state index in [1.54, 1.807) is 17.4 Å². The van der Waals surface area contributed by atoms with E-state index in [1.165, 1.54) is 16.2 Å². The van der Waals surface area contributed by atoms with Gasteiger partial charge >= 0.3 is 0 Å². The van der Waals surface area contributed by atoms with Crippen LogP contribution in [0, 0.1) is 0 Å². The van der Waals surface area contributed by atoms with Crippen molar-refractivity contribution >= 4 is 34.4 Å². The molecule has 0 saturated carbocycles. The summed E-state index contributed by atoms with van der Waals surface area (Å²) in [6.07, 6.45) is 0.499. The highest BCUT2D eigenvalue weighted by atomic mass is 32.1. The Bertz CT molecular complexity index is 592. The van der Waals surface area contributed by atoms with Crippen LogP contribution in [0.3, 0.4) is 0 Å². The third-order valence-corrected chi connectivity index (χ3v) is 5.25. The number of rotatable bonds is 8. The zero-order valence-corrected chi connectivity index (χ0v) is 14.4. The van der Waals surface area contributed by atoms with Crippen LogP contribution >= 0.6 is 22.7 Å². The lowest BCUT2D eigenvalue weighted by Crippen LogP contribution is -2.34. The Hall–Kier alpha value is -1.50. The maximum absolute atomic E-state index is 11.9. The minimum Gasteiger partial charge on any atom is -0.354 e. The van der Waals surface area contributed by atoms with Gasteiger partial charge in [0.15, 0.2) is 5.78 Å².